The van der Waals surface area contributed by atoms with Gasteiger partial charge in [0.1, 0.15) is 5.75 Å². The van der Waals surface area contributed by atoms with Crippen LogP contribution in [0.5, 0.6) is 5.75 Å². The Hall–Kier alpha value is -2.36. The van der Waals surface area contributed by atoms with E-state index in [-0.39, 0.29) is 5.92 Å². The zero-order valence-electron chi connectivity index (χ0n) is 12.2. The van der Waals surface area contributed by atoms with Crippen LogP contribution in [0.2, 0.25) is 0 Å². The Balaban J connectivity index is 2.07. The average molecular weight is 346 g/mol. The summed E-state index contributed by atoms with van der Waals surface area (Å²) >= 11 is 0. The molecule has 2 rings (SSSR count). The molecule has 1 unspecified atom stereocenters. The fraction of sp³-hybridized carbons (Fsp3) is 0.294. The van der Waals surface area contributed by atoms with E-state index >= 15 is 0 Å². The molecule has 0 amide bonds. The first-order valence-electron chi connectivity index (χ1n) is 6.91. The summed E-state index contributed by atoms with van der Waals surface area (Å²) in [6.45, 7) is 0. The van der Waals surface area contributed by atoms with Crippen LogP contribution in [0.1, 0.15) is 12.0 Å². The molecule has 1 aliphatic rings. The molecule has 1 aromatic rings. The van der Waals surface area contributed by atoms with Gasteiger partial charge in [0.25, 0.3) is 6.10 Å². The SMILES string of the molecule is FC(F)(F)C(Oc1ccc(C#CC2C=CC=CC2)cc1)C(F)(F)F. The van der Waals surface area contributed by atoms with Crippen molar-refractivity contribution in [3.05, 3.63) is 54.1 Å². The molecule has 0 bridgehead atoms. The lowest BCUT2D eigenvalue weighted by molar-refractivity contribution is -0.299. The van der Waals surface area contributed by atoms with Crippen LogP contribution in [0.3, 0.4) is 0 Å². The Morgan fingerprint density at radius 2 is 1.58 bits per heavy atom. The summed E-state index contributed by atoms with van der Waals surface area (Å²) in [6.07, 6.45) is -6.59. The van der Waals surface area contributed by atoms with E-state index in [1.165, 1.54) is 12.1 Å². The highest BCUT2D eigenvalue weighted by molar-refractivity contribution is 5.39. The third kappa shape index (κ3) is 5.08. The second-order valence-corrected chi connectivity index (χ2v) is 5.03. The summed E-state index contributed by atoms with van der Waals surface area (Å²) in [7, 11) is 0. The number of allylic oxidation sites excluding steroid dienone is 4. The van der Waals surface area contributed by atoms with E-state index in [1.54, 1.807) is 0 Å². The largest absolute Gasteiger partial charge is 0.471 e. The normalized spacial score (nSPS) is 17.5. The summed E-state index contributed by atoms with van der Waals surface area (Å²) in [6, 6.07) is 4.69. The van der Waals surface area contributed by atoms with E-state index in [9.17, 15) is 26.3 Å². The molecule has 0 radical (unpaired) electrons. The van der Waals surface area contributed by atoms with Gasteiger partial charge in [-0.2, -0.15) is 26.3 Å². The highest BCUT2D eigenvalue weighted by Gasteiger charge is 2.59. The number of benzene rings is 1. The molecule has 0 N–H and O–H groups in total. The van der Waals surface area contributed by atoms with Gasteiger partial charge >= 0.3 is 12.4 Å². The van der Waals surface area contributed by atoms with Crippen molar-refractivity contribution in [1.82, 2.24) is 0 Å². The van der Waals surface area contributed by atoms with E-state index < -0.39 is 24.2 Å². The lowest BCUT2D eigenvalue weighted by Gasteiger charge is -2.23. The molecule has 0 aromatic heterocycles. The molecule has 0 saturated heterocycles. The number of ether oxygens (including phenoxy) is 1. The van der Waals surface area contributed by atoms with Gasteiger partial charge in [0.2, 0.25) is 0 Å². The average Bonchev–Trinajstić information content (AvgIpc) is 2.50. The van der Waals surface area contributed by atoms with Crippen molar-refractivity contribution in [2.24, 2.45) is 5.92 Å². The molecule has 24 heavy (non-hydrogen) atoms. The van der Waals surface area contributed by atoms with E-state index in [0.717, 1.165) is 18.6 Å². The maximum atomic E-state index is 12.4. The molecule has 7 heteroatoms. The predicted molar refractivity (Wildman–Crippen MR) is 76.2 cm³/mol. The molecule has 1 atom stereocenters. The predicted octanol–water partition coefficient (Wildman–Crippen LogP) is 5.04. The zero-order chi connectivity index (χ0) is 17.8. The first-order valence-corrected chi connectivity index (χ1v) is 6.91. The van der Waals surface area contributed by atoms with Crippen LogP contribution in [-0.4, -0.2) is 18.5 Å². The summed E-state index contributed by atoms with van der Waals surface area (Å²) in [5.74, 6) is 5.28. The first-order chi connectivity index (χ1) is 11.2. The molecule has 0 fully saturated rings. The Bertz CT molecular complexity index is 656. The minimum absolute atomic E-state index is 0.0331. The molecule has 0 heterocycles. The third-order valence-electron chi connectivity index (χ3n) is 3.09. The van der Waals surface area contributed by atoms with E-state index in [4.69, 9.17) is 0 Å². The Kier molecular flexibility index (Phi) is 5.27. The van der Waals surface area contributed by atoms with Gasteiger partial charge in [0.05, 0.1) is 0 Å². The Morgan fingerprint density at radius 3 is 2.08 bits per heavy atom. The maximum absolute atomic E-state index is 12.4. The van der Waals surface area contributed by atoms with Crippen molar-refractivity contribution in [2.45, 2.75) is 24.9 Å². The van der Waals surface area contributed by atoms with Crippen molar-refractivity contribution in [1.29, 1.82) is 0 Å². The van der Waals surface area contributed by atoms with Gasteiger partial charge < -0.3 is 4.74 Å². The minimum Gasteiger partial charge on any atom is -0.471 e. The Labute approximate surface area is 134 Å². The molecule has 0 saturated carbocycles. The van der Waals surface area contributed by atoms with E-state index in [2.05, 4.69) is 16.6 Å². The molecule has 1 aliphatic carbocycles. The topological polar surface area (TPSA) is 9.23 Å². The third-order valence-corrected chi connectivity index (χ3v) is 3.09. The Morgan fingerprint density at radius 1 is 0.958 bits per heavy atom. The van der Waals surface area contributed by atoms with E-state index in [0.29, 0.717) is 5.56 Å². The van der Waals surface area contributed by atoms with Gasteiger partial charge in [-0.1, -0.05) is 36.1 Å². The van der Waals surface area contributed by atoms with Crippen LogP contribution in [-0.2, 0) is 0 Å². The second kappa shape index (κ2) is 7.04. The van der Waals surface area contributed by atoms with Crippen molar-refractivity contribution in [3.8, 4) is 17.6 Å². The van der Waals surface area contributed by atoms with Crippen LogP contribution in [0.15, 0.2) is 48.6 Å². The molecule has 128 valence electrons. The van der Waals surface area contributed by atoms with Gasteiger partial charge in [-0.25, -0.2) is 0 Å². The summed E-state index contributed by atoms with van der Waals surface area (Å²) in [4.78, 5) is 0. The number of alkyl halides is 6. The van der Waals surface area contributed by atoms with Crippen LogP contribution in [0.4, 0.5) is 26.3 Å². The lowest BCUT2D eigenvalue weighted by Crippen LogP contribution is -2.46. The smallest absolute Gasteiger partial charge is 0.434 e. The lowest BCUT2D eigenvalue weighted by atomic mass is 10.0. The molecule has 1 aromatic carbocycles. The maximum Gasteiger partial charge on any atom is 0.434 e. The number of halogens is 6. The molecular weight excluding hydrogens is 334 g/mol. The van der Waals surface area contributed by atoms with Crippen LogP contribution < -0.4 is 4.74 Å². The summed E-state index contributed by atoms with van der Waals surface area (Å²) in [5, 5.41) is 0. The monoisotopic (exact) mass is 346 g/mol. The quantitative estimate of drug-likeness (QED) is 0.538. The number of rotatable bonds is 2. The highest BCUT2D eigenvalue weighted by Crippen LogP contribution is 2.36. The van der Waals surface area contributed by atoms with Crippen molar-refractivity contribution >= 4 is 0 Å². The fourth-order valence-electron chi connectivity index (χ4n) is 1.94. The van der Waals surface area contributed by atoms with Crippen LogP contribution >= 0.6 is 0 Å². The van der Waals surface area contributed by atoms with Gasteiger partial charge in [0, 0.05) is 11.5 Å². The van der Waals surface area contributed by atoms with Gasteiger partial charge in [0.15, 0.2) is 0 Å². The van der Waals surface area contributed by atoms with Crippen molar-refractivity contribution < 1.29 is 31.1 Å². The number of hydrogen-bond donors (Lipinski definition) is 0. The molecular formula is C17H12F6O. The summed E-state index contributed by atoms with van der Waals surface area (Å²) in [5.41, 5.74) is 0.473. The molecule has 0 aliphatic heterocycles. The minimum atomic E-state index is -5.54. The van der Waals surface area contributed by atoms with Crippen LogP contribution in [0.25, 0.3) is 0 Å². The van der Waals surface area contributed by atoms with E-state index in [1.807, 2.05) is 24.3 Å². The van der Waals surface area contributed by atoms with Gasteiger partial charge in [-0.05, 0) is 30.7 Å². The molecule has 0 spiro atoms. The first kappa shape index (κ1) is 18.0. The van der Waals surface area contributed by atoms with Crippen molar-refractivity contribution in [3.63, 3.8) is 0 Å². The van der Waals surface area contributed by atoms with Gasteiger partial charge in [-0.3, -0.25) is 0 Å². The fourth-order valence-corrected chi connectivity index (χ4v) is 1.94. The van der Waals surface area contributed by atoms with Gasteiger partial charge in [-0.15, -0.1) is 0 Å². The van der Waals surface area contributed by atoms with Crippen LogP contribution in [0, 0.1) is 17.8 Å². The number of hydrogen-bond acceptors (Lipinski definition) is 1. The summed E-state index contributed by atoms with van der Waals surface area (Å²) < 4.78 is 78.6. The zero-order valence-corrected chi connectivity index (χ0v) is 12.2. The van der Waals surface area contributed by atoms with Crippen molar-refractivity contribution in [2.75, 3.05) is 0 Å². The second-order valence-electron chi connectivity index (χ2n) is 5.03. The standard InChI is InChI=1S/C17H12F6O/c18-16(19,20)15(17(21,22)23)24-14-10-8-13(9-11-14)7-6-12-4-2-1-3-5-12/h1-4,8-12,15H,5H2. The highest BCUT2D eigenvalue weighted by atomic mass is 19.4. The molecule has 1 nitrogen and oxygen atoms in total.